The number of hydrogen-bond acceptors (Lipinski definition) is 4. The van der Waals surface area contributed by atoms with Crippen LogP contribution in [0.2, 0.25) is 0 Å². The normalized spacial score (nSPS) is 17.5. The Balaban J connectivity index is 1.49. The lowest BCUT2D eigenvalue weighted by molar-refractivity contribution is -0.117. The highest BCUT2D eigenvalue weighted by Crippen LogP contribution is 2.36. The lowest BCUT2D eigenvalue weighted by Gasteiger charge is -2.22. The van der Waals surface area contributed by atoms with Crippen LogP contribution in [0.3, 0.4) is 0 Å². The molecule has 1 atom stereocenters. The van der Waals surface area contributed by atoms with E-state index in [1.54, 1.807) is 11.3 Å². The average molecular weight is 380 g/mol. The second kappa shape index (κ2) is 7.41. The van der Waals surface area contributed by atoms with Gasteiger partial charge in [-0.1, -0.05) is 29.8 Å². The van der Waals surface area contributed by atoms with E-state index < -0.39 is 0 Å². The van der Waals surface area contributed by atoms with Crippen molar-refractivity contribution in [2.75, 3.05) is 18.4 Å². The minimum absolute atomic E-state index is 0.0538. The van der Waals surface area contributed by atoms with Gasteiger partial charge < -0.3 is 5.32 Å². The number of hydrogen-bond donors (Lipinski definition) is 1. The first-order valence-corrected chi connectivity index (χ1v) is 10.3. The summed E-state index contributed by atoms with van der Waals surface area (Å²) in [5, 5.41) is 4.26. The van der Waals surface area contributed by atoms with Crippen molar-refractivity contribution >= 4 is 33.1 Å². The number of carbonyl (C=O) groups excluding carboxylic acids is 1. The SMILES string of the molecule is Cc1cc(C)c(NC(=O)CN2CCC[C@H]2c2nc3ccccc3s2)c(C)c1. The summed E-state index contributed by atoms with van der Waals surface area (Å²) in [6, 6.07) is 12.7. The van der Waals surface area contributed by atoms with Gasteiger partial charge >= 0.3 is 0 Å². The van der Waals surface area contributed by atoms with Gasteiger partial charge in [0.2, 0.25) is 5.91 Å². The monoisotopic (exact) mass is 379 g/mol. The molecular formula is C22H25N3OS. The summed E-state index contributed by atoms with van der Waals surface area (Å²) in [5.74, 6) is 0.0538. The number of thiazole rings is 1. The van der Waals surface area contributed by atoms with E-state index in [0.717, 1.165) is 46.7 Å². The Morgan fingerprint density at radius 1 is 1.22 bits per heavy atom. The Morgan fingerprint density at radius 3 is 2.70 bits per heavy atom. The molecule has 140 valence electrons. The van der Waals surface area contributed by atoms with E-state index in [1.807, 2.05) is 6.07 Å². The summed E-state index contributed by atoms with van der Waals surface area (Å²) in [6.45, 7) is 7.54. The molecule has 1 aliphatic rings. The van der Waals surface area contributed by atoms with Crippen LogP contribution in [-0.4, -0.2) is 28.9 Å². The maximum atomic E-state index is 12.7. The minimum atomic E-state index is 0.0538. The predicted molar refractivity (Wildman–Crippen MR) is 112 cm³/mol. The van der Waals surface area contributed by atoms with Crippen molar-refractivity contribution in [3.8, 4) is 0 Å². The highest BCUT2D eigenvalue weighted by atomic mass is 32.1. The number of aromatic nitrogens is 1. The van der Waals surface area contributed by atoms with Gasteiger partial charge in [-0.3, -0.25) is 9.69 Å². The third-order valence-corrected chi connectivity index (χ3v) is 6.38. The van der Waals surface area contributed by atoms with Crippen LogP contribution < -0.4 is 5.32 Å². The highest BCUT2D eigenvalue weighted by molar-refractivity contribution is 7.18. The fraction of sp³-hybridized carbons (Fsp3) is 0.364. The van der Waals surface area contributed by atoms with Gasteiger partial charge in [0.25, 0.3) is 0 Å². The number of carbonyl (C=O) groups is 1. The zero-order valence-corrected chi connectivity index (χ0v) is 16.9. The number of nitrogens with one attached hydrogen (secondary N) is 1. The Morgan fingerprint density at radius 2 is 1.96 bits per heavy atom. The summed E-state index contributed by atoms with van der Waals surface area (Å²) in [7, 11) is 0. The first kappa shape index (κ1) is 18.1. The molecule has 0 radical (unpaired) electrons. The number of nitrogens with zero attached hydrogens (tertiary/aromatic N) is 2. The van der Waals surface area contributed by atoms with Gasteiger partial charge in [0.15, 0.2) is 0 Å². The summed E-state index contributed by atoms with van der Waals surface area (Å²) in [5.41, 5.74) is 5.45. The highest BCUT2D eigenvalue weighted by Gasteiger charge is 2.30. The third kappa shape index (κ3) is 3.75. The van der Waals surface area contributed by atoms with Crippen LogP contribution in [0.15, 0.2) is 36.4 Å². The topological polar surface area (TPSA) is 45.2 Å². The van der Waals surface area contributed by atoms with Gasteiger partial charge in [-0.05, 0) is 63.4 Å². The lowest BCUT2D eigenvalue weighted by Crippen LogP contribution is -2.33. The molecule has 1 amide bonds. The molecule has 1 saturated heterocycles. The summed E-state index contributed by atoms with van der Waals surface area (Å²) in [4.78, 5) is 19.8. The number of anilines is 1. The van der Waals surface area contributed by atoms with Crippen LogP contribution in [-0.2, 0) is 4.79 Å². The smallest absolute Gasteiger partial charge is 0.238 e. The van der Waals surface area contributed by atoms with Crippen molar-refractivity contribution < 1.29 is 4.79 Å². The molecule has 0 bridgehead atoms. The fourth-order valence-electron chi connectivity index (χ4n) is 4.07. The zero-order valence-electron chi connectivity index (χ0n) is 16.1. The Bertz CT molecular complexity index is 938. The van der Waals surface area contributed by atoms with E-state index in [0.29, 0.717) is 6.54 Å². The fourth-order valence-corrected chi connectivity index (χ4v) is 5.21. The maximum absolute atomic E-state index is 12.7. The Hall–Kier alpha value is -2.24. The predicted octanol–water partition coefficient (Wildman–Crippen LogP) is 5.00. The number of rotatable bonds is 4. The molecule has 1 N–H and O–H groups in total. The molecule has 0 spiro atoms. The zero-order chi connectivity index (χ0) is 19.0. The van der Waals surface area contributed by atoms with Crippen LogP contribution >= 0.6 is 11.3 Å². The molecule has 1 aliphatic heterocycles. The molecule has 0 unspecified atom stereocenters. The molecule has 2 heterocycles. The minimum Gasteiger partial charge on any atom is -0.324 e. The summed E-state index contributed by atoms with van der Waals surface area (Å²) < 4.78 is 1.22. The number of aryl methyl sites for hydroxylation is 3. The first-order valence-electron chi connectivity index (χ1n) is 9.48. The average Bonchev–Trinajstić information content (AvgIpc) is 3.24. The number of benzene rings is 2. The maximum Gasteiger partial charge on any atom is 0.238 e. The molecule has 5 heteroatoms. The number of fused-ring (bicyclic) bond motifs is 1. The molecule has 1 fully saturated rings. The van der Waals surface area contributed by atoms with Crippen molar-refractivity contribution in [3.63, 3.8) is 0 Å². The van der Waals surface area contributed by atoms with Crippen molar-refractivity contribution in [1.82, 2.24) is 9.88 Å². The molecule has 27 heavy (non-hydrogen) atoms. The standard InChI is InChI=1S/C22H25N3OS/c1-14-11-15(2)21(16(3)12-14)24-20(26)13-25-10-6-8-18(25)22-23-17-7-4-5-9-19(17)27-22/h4-5,7,9,11-12,18H,6,8,10,13H2,1-3H3,(H,24,26)/t18-/m0/s1. The van der Waals surface area contributed by atoms with Crippen LogP contribution in [0.25, 0.3) is 10.2 Å². The van der Waals surface area contributed by atoms with E-state index in [1.165, 1.54) is 10.3 Å². The molecule has 3 aromatic rings. The van der Waals surface area contributed by atoms with Crippen LogP contribution in [0.1, 0.15) is 40.6 Å². The van der Waals surface area contributed by atoms with Crippen molar-refractivity contribution in [2.24, 2.45) is 0 Å². The molecule has 4 rings (SSSR count). The molecule has 0 saturated carbocycles. The quantitative estimate of drug-likeness (QED) is 0.694. The summed E-state index contributed by atoms with van der Waals surface area (Å²) in [6.07, 6.45) is 2.17. The van der Waals surface area contributed by atoms with E-state index in [-0.39, 0.29) is 11.9 Å². The van der Waals surface area contributed by atoms with Gasteiger partial charge in [0.1, 0.15) is 5.01 Å². The second-order valence-electron chi connectivity index (χ2n) is 7.47. The van der Waals surface area contributed by atoms with E-state index in [2.05, 4.69) is 61.3 Å². The largest absolute Gasteiger partial charge is 0.324 e. The Kier molecular flexibility index (Phi) is 4.98. The molecule has 4 nitrogen and oxygen atoms in total. The lowest BCUT2D eigenvalue weighted by atomic mass is 10.1. The number of para-hydroxylation sites is 1. The van der Waals surface area contributed by atoms with Crippen LogP contribution in [0, 0.1) is 20.8 Å². The molecule has 1 aromatic heterocycles. The van der Waals surface area contributed by atoms with Crippen molar-refractivity contribution in [2.45, 2.75) is 39.7 Å². The van der Waals surface area contributed by atoms with Gasteiger partial charge in [-0.15, -0.1) is 11.3 Å². The van der Waals surface area contributed by atoms with Crippen molar-refractivity contribution in [1.29, 1.82) is 0 Å². The molecular weight excluding hydrogens is 354 g/mol. The third-order valence-electron chi connectivity index (χ3n) is 5.25. The summed E-state index contributed by atoms with van der Waals surface area (Å²) >= 11 is 1.75. The number of amides is 1. The van der Waals surface area contributed by atoms with Crippen molar-refractivity contribution in [3.05, 3.63) is 58.1 Å². The van der Waals surface area contributed by atoms with E-state index in [4.69, 9.17) is 4.98 Å². The van der Waals surface area contributed by atoms with Gasteiger partial charge in [0, 0.05) is 5.69 Å². The number of likely N-dealkylation sites (tertiary alicyclic amines) is 1. The molecule has 2 aromatic carbocycles. The van der Waals surface area contributed by atoms with E-state index >= 15 is 0 Å². The second-order valence-corrected chi connectivity index (χ2v) is 8.53. The van der Waals surface area contributed by atoms with E-state index in [9.17, 15) is 4.79 Å². The first-order chi connectivity index (χ1) is 13.0. The Labute approximate surface area is 164 Å². The van der Waals surface area contributed by atoms with Gasteiger partial charge in [0.05, 0.1) is 22.8 Å². The van der Waals surface area contributed by atoms with Crippen LogP contribution in [0.5, 0.6) is 0 Å². The van der Waals surface area contributed by atoms with Crippen LogP contribution in [0.4, 0.5) is 5.69 Å². The van der Waals surface area contributed by atoms with Gasteiger partial charge in [-0.2, -0.15) is 0 Å². The van der Waals surface area contributed by atoms with Gasteiger partial charge in [-0.25, -0.2) is 4.98 Å². The molecule has 0 aliphatic carbocycles.